The van der Waals surface area contributed by atoms with Crippen LogP contribution in [-0.4, -0.2) is 44.2 Å². The smallest absolute Gasteiger partial charge is 0.123 e. The van der Waals surface area contributed by atoms with E-state index < -0.39 is 0 Å². The molecule has 0 spiro atoms. The summed E-state index contributed by atoms with van der Waals surface area (Å²) in [7, 11) is 0. The van der Waals surface area contributed by atoms with Gasteiger partial charge >= 0.3 is 0 Å². The van der Waals surface area contributed by atoms with Crippen LogP contribution in [0.1, 0.15) is 0 Å². The van der Waals surface area contributed by atoms with E-state index in [1.54, 1.807) is 0 Å². The minimum Gasteiger partial charge on any atom is -0.492 e. The highest BCUT2D eigenvalue weighted by molar-refractivity contribution is 5.83. The topological polar surface area (TPSA) is 15.7 Å². The first-order valence-corrected chi connectivity index (χ1v) is 9.12. The molecule has 1 aliphatic heterocycles. The highest BCUT2D eigenvalue weighted by Gasteiger charge is 2.17. The maximum Gasteiger partial charge on any atom is 0.123 e. The predicted molar refractivity (Wildman–Crippen MR) is 104 cm³/mol. The van der Waals surface area contributed by atoms with Crippen LogP contribution in [0.3, 0.4) is 0 Å². The zero-order valence-electron chi connectivity index (χ0n) is 14.8. The summed E-state index contributed by atoms with van der Waals surface area (Å²) in [5, 5.41) is 2.44. The average molecular weight is 350 g/mol. The number of rotatable bonds is 5. The van der Waals surface area contributed by atoms with Gasteiger partial charge in [0.2, 0.25) is 0 Å². The van der Waals surface area contributed by atoms with Gasteiger partial charge in [0.15, 0.2) is 0 Å². The van der Waals surface area contributed by atoms with E-state index >= 15 is 0 Å². The zero-order valence-corrected chi connectivity index (χ0v) is 14.8. The Morgan fingerprint density at radius 3 is 2.31 bits per heavy atom. The van der Waals surface area contributed by atoms with Crippen molar-refractivity contribution in [3.05, 3.63) is 72.5 Å². The van der Waals surface area contributed by atoms with Crippen molar-refractivity contribution in [3.63, 3.8) is 0 Å². The van der Waals surface area contributed by atoms with Gasteiger partial charge in [0.1, 0.15) is 18.2 Å². The Bertz CT molecular complexity index is 857. The lowest BCUT2D eigenvalue weighted by Crippen LogP contribution is -2.47. The second kappa shape index (κ2) is 7.75. The minimum absolute atomic E-state index is 0.182. The summed E-state index contributed by atoms with van der Waals surface area (Å²) >= 11 is 0. The van der Waals surface area contributed by atoms with Gasteiger partial charge in [0, 0.05) is 38.4 Å². The van der Waals surface area contributed by atoms with E-state index in [2.05, 4.69) is 40.1 Å². The van der Waals surface area contributed by atoms with E-state index in [1.165, 1.54) is 22.9 Å². The fourth-order valence-corrected chi connectivity index (χ4v) is 3.43. The monoisotopic (exact) mass is 350 g/mol. The number of hydrogen-bond acceptors (Lipinski definition) is 3. The van der Waals surface area contributed by atoms with Crippen molar-refractivity contribution in [3.8, 4) is 5.75 Å². The maximum atomic E-state index is 13.0. The molecule has 0 bridgehead atoms. The van der Waals surface area contributed by atoms with Gasteiger partial charge < -0.3 is 9.64 Å². The predicted octanol–water partition coefficient (Wildman–Crippen LogP) is 4.18. The van der Waals surface area contributed by atoms with E-state index in [0.717, 1.165) is 44.2 Å². The Hall–Kier alpha value is -2.59. The van der Waals surface area contributed by atoms with Gasteiger partial charge in [0.05, 0.1) is 0 Å². The molecule has 0 aromatic heterocycles. The fourth-order valence-electron chi connectivity index (χ4n) is 3.43. The highest BCUT2D eigenvalue weighted by atomic mass is 19.1. The summed E-state index contributed by atoms with van der Waals surface area (Å²) in [4.78, 5) is 4.72. The molecular weight excluding hydrogens is 327 g/mol. The molecular formula is C22H23FN2O. The molecule has 0 aliphatic carbocycles. The number of fused-ring (bicyclic) bond motifs is 1. The molecule has 0 atom stereocenters. The molecule has 3 nitrogen and oxygen atoms in total. The van der Waals surface area contributed by atoms with Gasteiger partial charge in [-0.1, -0.05) is 30.3 Å². The summed E-state index contributed by atoms with van der Waals surface area (Å²) in [6.45, 7) is 5.53. The second-order valence-electron chi connectivity index (χ2n) is 6.66. The van der Waals surface area contributed by atoms with Gasteiger partial charge in [-0.3, -0.25) is 4.90 Å². The SMILES string of the molecule is Fc1ccc(N2CCN(CCOc3ccc4ccccc4c3)CC2)cc1. The number of anilines is 1. The van der Waals surface area contributed by atoms with Crippen molar-refractivity contribution in [1.82, 2.24) is 4.90 Å². The minimum atomic E-state index is -0.182. The van der Waals surface area contributed by atoms with Crippen molar-refractivity contribution < 1.29 is 9.13 Å². The van der Waals surface area contributed by atoms with Gasteiger partial charge in [-0.25, -0.2) is 4.39 Å². The molecule has 0 saturated carbocycles. The van der Waals surface area contributed by atoms with Crippen molar-refractivity contribution >= 4 is 16.5 Å². The number of hydrogen-bond donors (Lipinski definition) is 0. The van der Waals surface area contributed by atoms with Crippen LogP contribution in [0, 0.1) is 5.82 Å². The number of ether oxygens (including phenoxy) is 1. The summed E-state index contributed by atoms with van der Waals surface area (Å²) in [6, 6.07) is 21.3. The summed E-state index contributed by atoms with van der Waals surface area (Å²) in [5.41, 5.74) is 1.10. The number of nitrogens with zero attached hydrogens (tertiary/aromatic N) is 2. The van der Waals surface area contributed by atoms with E-state index in [4.69, 9.17) is 4.74 Å². The van der Waals surface area contributed by atoms with Crippen molar-refractivity contribution in [2.45, 2.75) is 0 Å². The largest absolute Gasteiger partial charge is 0.492 e. The molecule has 134 valence electrons. The molecule has 3 aromatic rings. The third kappa shape index (κ3) is 3.97. The van der Waals surface area contributed by atoms with Crippen molar-refractivity contribution in [2.24, 2.45) is 0 Å². The Morgan fingerprint density at radius 2 is 1.54 bits per heavy atom. The lowest BCUT2D eigenvalue weighted by molar-refractivity contribution is 0.200. The van der Waals surface area contributed by atoms with Gasteiger partial charge in [-0.2, -0.15) is 0 Å². The molecule has 26 heavy (non-hydrogen) atoms. The highest BCUT2D eigenvalue weighted by Crippen LogP contribution is 2.21. The van der Waals surface area contributed by atoms with Crippen LogP contribution in [0.4, 0.5) is 10.1 Å². The first-order chi connectivity index (χ1) is 12.8. The maximum absolute atomic E-state index is 13.0. The standard InChI is InChI=1S/C22H23FN2O/c23-20-6-8-21(9-7-20)25-13-11-24(12-14-25)15-16-26-22-10-5-18-3-1-2-4-19(18)17-22/h1-10,17H,11-16H2. The van der Waals surface area contributed by atoms with E-state index in [0.29, 0.717) is 6.61 Å². The van der Waals surface area contributed by atoms with Crippen molar-refractivity contribution in [2.75, 3.05) is 44.2 Å². The first kappa shape index (κ1) is 16.9. The third-order valence-electron chi connectivity index (χ3n) is 4.96. The lowest BCUT2D eigenvalue weighted by Gasteiger charge is -2.36. The third-order valence-corrected chi connectivity index (χ3v) is 4.96. The Labute approximate surface area is 153 Å². The van der Waals surface area contributed by atoms with E-state index in [1.807, 2.05) is 24.3 Å². The normalized spacial score (nSPS) is 15.3. The van der Waals surface area contributed by atoms with Crippen LogP contribution >= 0.6 is 0 Å². The second-order valence-corrected chi connectivity index (χ2v) is 6.66. The summed E-state index contributed by atoms with van der Waals surface area (Å²) < 4.78 is 19.0. The Morgan fingerprint density at radius 1 is 0.808 bits per heavy atom. The Kier molecular flexibility index (Phi) is 5.02. The van der Waals surface area contributed by atoms with Gasteiger partial charge in [-0.05, 0) is 47.2 Å². The van der Waals surface area contributed by atoms with Crippen LogP contribution < -0.4 is 9.64 Å². The van der Waals surface area contributed by atoms with E-state index in [-0.39, 0.29) is 5.82 Å². The van der Waals surface area contributed by atoms with Gasteiger partial charge in [-0.15, -0.1) is 0 Å². The van der Waals surface area contributed by atoms with Crippen LogP contribution in [0.15, 0.2) is 66.7 Å². The summed E-state index contributed by atoms with van der Waals surface area (Å²) in [5.74, 6) is 0.742. The molecule has 0 amide bonds. The molecule has 1 fully saturated rings. The average Bonchev–Trinajstić information content (AvgIpc) is 2.69. The number of benzene rings is 3. The fraction of sp³-hybridized carbons (Fsp3) is 0.273. The molecule has 4 rings (SSSR count). The molecule has 0 unspecified atom stereocenters. The Balaban J connectivity index is 1.25. The molecule has 0 radical (unpaired) electrons. The molecule has 1 aliphatic rings. The quantitative estimate of drug-likeness (QED) is 0.687. The van der Waals surface area contributed by atoms with Crippen molar-refractivity contribution in [1.29, 1.82) is 0 Å². The molecule has 0 N–H and O–H groups in total. The van der Waals surface area contributed by atoms with Gasteiger partial charge in [0.25, 0.3) is 0 Å². The summed E-state index contributed by atoms with van der Waals surface area (Å²) in [6.07, 6.45) is 0. The molecule has 1 heterocycles. The van der Waals surface area contributed by atoms with E-state index in [9.17, 15) is 4.39 Å². The number of halogens is 1. The van der Waals surface area contributed by atoms with Crippen LogP contribution in [0.5, 0.6) is 5.75 Å². The zero-order chi connectivity index (χ0) is 17.8. The number of piperazine rings is 1. The molecule has 4 heteroatoms. The van der Waals surface area contributed by atoms with Crippen LogP contribution in [-0.2, 0) is 0 Å². The lowest BCUT2D eigenvalue weighted by atomic mass is 10.1. The van der Waals surface area contributed by atoms with Crippen LogP contribution in [0.2, 0.25) is 0 Å². The first-order valence-electron chi connectivity index (χ1n) is 9.12. The molecule has 3 aromatic carbocycles. The molecule has 1 saturated heterocycles. The van der Waals surface area contributed by atoms with Crippen LogP contribution in [0.25, 0.3) is 10.8 Å².